The zero-order chi connectivity index (χ0) is 19.1. The molecule has 142 valence electrons. The fourth-order valence-electron chi connectivity index (χ4n) is 4.43. The van der Waals surface area contributed by atoms with Gasteiger partial charge < -0.3 is 5.32 Å². The summed E-state index contributed by atoms with van der Waals surface area (Å²) in [6.45, 7) is 3.01. The number of hydrogen-bond acceptors (Lipinski definition) is 3. The molecule has 0 spiro atoms. The summed E-state index contributed by atoms with van der Waals surface area (Å²) in [5, 5.41) is 7.56. The highest BCUT2D eigenvalue weighted by molar-refractivity contribution is 6.00. The van der Waals surface area contributed by atoms with Crippen LogP contribution in [0.25, 0.3) is 22.4 Å². The molecule has 0 bridgehead atoms. The van der Waals surface area contributed by atoms with Crippen molar-refractivity contribution in [3.63, 3.8) is 0 Å². The first kappa shape index (κ1) is 17.2. The Bertz CT molecular complexity index is 1050. The molecule has 3 heterocycles. The van der Waals surface area contributed by atoms with Crippen LogP contribution in [0.15, 0.2) is 42.7 Å². The number of benzene rings is 1. The quantitative estimate of drug-likeness (QED) is 0.728. The van der Waals surface area contributed by atoms with Crippen LogP contribution in [0, 0.1) is 12.8 Å². The highest BCUT2D eigenvalue weighted by atomic mass is 16.1. The summed E-state index contributed by atoms with van der Waals surface area (Å²) in [4.78, 5) is 16.5. The van der Waals surface area contributed by atoms with Gasteiger partial charge in [-0.1, -0.05) is 31.0 Å². The van der Waals surface area contributed by atoms with Crippen LogP contribution in [0.4, 0.5) is 5.69 Å². The zero-order valence-corrected chi connectivity index (χ0v) is 16.1. The van der Waals surface area contributed by atoms with Crippen molar-refractivity contribution >= 4 is 11.6 Å². The van der Waals surface area contributed by atoms with Crippen LogP contribution in [0.2, 0.25) is 0 Å². The summed E-state index contributed by atoms with van der Waals surface area (Å²) < 4.78 is 2.08. The van der Waals surface area contributed by atoms with Crippen molar-refractivity contribution in [3.8, 4) is 22.4 Å². The van der Waals surface area contributed by atoms with Crippen LogP contribution in [-0.2, 0) is 17.8 Å². The van der Waals surface area contributed by atoms with Gasteiger partial charge in [-0.3, -0.25) is 14.5 Å². The Morgan fingerprint density at radius 2 is 2.00 bits per heavy atom. The molecular formula is C23H24N4O. The lowest BCUT2D eigenvalue weighted by Crippen LogP contribution is -2.07. The second-order valence-electron chi connectivity index (χ2n) is 8.05. The summed E-state index contributed by atoms with van der Waals surface area (Å²) >= 11 is 0. The minimum absolute atomic E-state index is 0.0535. The van der Waals surface area contributed by atoms with E-state index >= 15 is 0 Å². The van der Waals surface area contributed by atoms with E-state index in [0.29, 0.717) is 6.42 Å². The molecule has 1 aromatic carbocycles. The average Bonchev–Trinajstić information content (AvgIpc) is 3.42. The number of nitrogens with zero attached hydrogens (tertiary/aromatic N) is 3. The highest BCUT2D eigenvalue weighted by Gasteiger charge is 2.20. The topological polar surface area (TPSA) is 59.8 Å². The number of carbonyl (C=O) groups is 1. The van der Waals surface area contributed by atoms with Crippen molar-refractivity contribution in [2.24, 2.45) is 5.92 Å². The molecule has 2 aromatic heterocycles. The fraction of sp³-hybridized carbons (Fsp3) is 0.348. The van der Waals surface area contributed by atoms with Gasteiger partial charge >= 0.3 is 0 Å². The SMILES string of the molecule is Cc1ccc(-c2cnn(CC3CCCC3)c2)c(-c2ccc3c(c2)NC(=O)C3)n1. The Balaban J connectivity index is 1.50. The number of amides is 1. The second-order valence-corrected chi connectivity index (χ2v) is 8.05. The molecule has 28 heavy (non-hydrogen) atoms. The average molecular weight is 372 g/mol. The minimum atomic E-state index is 0.0535. The van der Waals surface area contributed by atoms with E-state index in [1.165, 1.54) is 25.7 Å². The number of nitrogens with one attached hydrogen (secondary N) is 1. The summed E-state index contributed by atoms with van der Waals surface area (Å²) in [5.41, 5.74) is 7.03. The van der Waals surface area contributed by atoms with Crippen LogP contribution in [-0.4, -0.2) is 20.7 Å². The molecule has 3 aromatic rings. The number of aromatic nitrogens is 3. The van der Waals surface area contributed by atoms with E-state index in [-0.39, 0.29) is 5.91 Å². The van der Waals surface area contributed by atoms with Gasteiger partial charge in [-0.15, -0.1) is 0 Å². The number of fused-ring (bicyclic) bond motifs is 1. The maximum atomic E-state index is 11.7. The molecule has 0 unspecified atom stereocenters. The van der Waals surface area contributed by atoms with Gasteiger partial charge in [0.05, 0.1) is 18.3 Å². The Hall–Kier alpha value is -2.95. The van der Waals surface area contributed by atoms with E-state index in [2.05, 4.69) is 33.4 Å². The van der Waals surface area contributed by atoms with Crippen LogP contribution < -0.4 is 5.32 Å². The Labute approximate surface area is 164 Å². The zero-order valence-electron chi connectivity index (χ0n) is 16.1. The predicted octanol–water partition coefficient (Wildman–Crippen LogP) is 4.61. The monoisotopic (exact) mass is 372 g/mol. The summed E-state index contributed by atoms with van der Waals surface area (Å²) in [6.07, 6.45) is 9.86. The fourth-order valence-corrected chi connectivity index (χ4v) is 4.43. The summed E-state index contributed by atoms with van der Waals surface area (Å²) in [7, 11) is 0. The Morgan fingerprint density at radius 1 is 1.14 bits per heavy atom. The van der Waals surface area contributed by atoms with Crippen LogP contribution in [0.5, 0.6) is 0 Å². The molecule has 1 aliphatic carbocycles. The van der Waals surface area contributed by atoms with Crippen molar-refractivity contribution in [1.29, 1.82) is 0 Å². The third kappa shape index (κ3) is 3.21. The second kappa shape index (κ2) is 6.89. The van der Waals surface area contributed by atoms with Gasteiger partial charge in [0.15, 0.2) is 0 Å². The largest absolute Gasteiger partial charge is 0.326 e. The molecule has 0 saturated heterocycles. The van der Waals surface area contributed by atoms with E-state index in [0.717, 1.165) is 51.8 Å². The van der Waals surface area contributed by atoms with Crippen LogP contribution >= 0.6 is 0 Å². The van der Waals surface area contributed by atoms with E-state index in [9.17, 15) is 4.79 Å². The number of hydrogen-bond donors (Lipinski definition) is 1. The van der Waals surface area contributed by atoms with Crippen LogP contribution in [0.3, 0.4) is 0 Å². The minimum Gasteiger partial charge on any atom is -0.326 e. The Morgan fingerprint density at radius 3 is 2.86 bits per heavy atom. The molecule has 0 atom stereocenters. The summed E-state index contributed by atoms with van der Waals surface area (Å²) in [5.74, 6) is 0.807. The lowest BCUT2D eigenvalue weighted by atomic mass is 9.99. The third-order valence-corrected chi connectivity index (χ3v) is 5.91. The molecule has 1 aliphatic heterocycles. The Kier molecular flexibility index (Phi) is 4.23. The standard InChI is InChI=1S/C23H24N4O/c1-15-6-9-20(19-12-24-27(14-19)13-16-4-2-3-5-16)23(25-15)18-8-7-17-11-22(28)26-21(17)10-18/h6-10,12,14,16H,2-5,11,13H2,1H3,(H,26,28). The maximum Gasteiger partial charge on any atom is 0.228 e. The molecular weight excluding hydrogens is 348 g/mol. The molecule has 5 rings (SSSR count). The van der Waals surface area contributed by atoms with Gasteiger partial charge in [0.1, 0.15) is 0 Å². The van der Waals surface area contributed by atoms with Gasteiger partial charge in [0.2, 0.25) is 5.91 Å². The normalized spacial score (nSPS) is 16.4. The van der Waals surface area contributed by atoms with Crippen molar-refractivity contribution in [2.45, 2.75) is 45.6 Å². The molecule has 1 saturated carbocycles. The number of rotatable bonds is 4. The molecule has 5 heteroatoms. The van der Waals surface area contributed by atoms with Crippen molar-refractivity contribution < 1.29 is 4.79 Å². The first-order valence-corrected chi connectivity index (χ1v) is 10.1. The predicted molar refractivity (Wildman–Crippen MR) is 110 cm³/mol. The maximum absolute atomic E-state index is 11.7. The first-order chi connectivity index (χ1) is 13.7. The first-order valence-electron chi connectivity index (χ1n) is 10.1. The molecule has 2 aliphatic rings. The molecule has 1 amide bonds. The molecule has 0 radical (unpaired) electrons. The van der Waals surface area contributed by atoms with Gasteiger partial charge in [0, 0.05) is 40.8 Å². The smallest absolute Gasteiger partial charge is 0.228 e. The number of aryl methyl sites for hydroxylation is 1. The number of carbonyl (C=O) groups excluding carboxylic acids is 1. The number of anilines is 1. The van der Waals surface area contributed by atoms with Crippen molar-refractivity contribution in [2.75, 3.05) is 5.32 Å². The molecule has 1 N–H and O–H groups in total. The van der Waals surface area contributed by atoms with E-state index in [4.69, 9.17) is 4.98 Å². The molecule has 1 fully saturated rings. The third-order valence-electron chi connectivity index (χ3n) is 5.91. The van der Waals surface area contributed by atoms with Gasteiger partial charge in [-0.25, -0.2) is 0 Å². The summed E-state index contributed by atoms with van der Waals surface area (Å²) in [6, 6.07) is 10.3. The molecule has 5 nitrogen and oxygen atoms in total. The van der Waals surface area contributed by atoms with Crippen molar-refractivity contribution in [1.82, 2.24) is 14.8 Å². The lowest BCUT2D eigenvalue weighted by molar-refractivity contribution is -0.115. The van der Waals surface area contributed by atoms with Crippen LogP contribution in [0.1, 0.15) is 36.9 Å². The van der Waals surface area contributed by atoms with E-state index in [1.807, 2.05) is 31.3 Å². The van der Waals surface area contributed by atoms with Gasteiger partial charge in [-0.05, 0) is 43.4 Å². The number of pyridine rings is 1. The van der Waals surface area contributed by atoms with Crippen molar-refractivity contribution in [3.05, 3.63) is 54.0 Å². The van der Waals surface area contributed by atoms with E-state index in [1.54, 1.807) is 0 Å². The van der Waals surface area contributed by atoms with Gasteiger partial charge in [-0.2, -0.15) is 5.10 Å². The van der Waals surface area contributed by atoms with E-state index < -0.39 is 0 Å². The highest BCUT2D eigenvalue weighted by Crippen LogP contribution is 2.35. The lowest BCUT2D eigenvalue weighted by Gasteiger charge is -2.11. The van der Waals surface area contributed by atoms with Gasteiger partial charge in [0.25, 0.3) is 0 Å².